The van der Waals surface area contributed by atoms with Crippen molar-refractivity contribution >= 4 is 27.4 Å². The van der Waals surface area contributed by atoms with Gasteiger partial charge in [-0.1, -0.05) is 11.6 Å². The lowest BCUT2D eigenvalue weighted by Gasteiger charge is -2.12. The predicted octanol–water partition coefficient (Wildman–Crippen LogP) is 2.63. The second-order valence-electron chi connectivity index (χ2n) is 5.87. The predicted molar refractivity (Wildman–Crippen MR) is 108 cm³/mol. The summed E-state index contributed by atoms with van der Waals surface area (Å²) in [5.74, 6) is 2.17. The molecule has 10 heteroatoms. The Morgan fingerprint density at radius 3 is 2.61 bits per heavy atom. The Morgan fingerprint density at radius 1 is 1.14 bits per heavy atom. The summed E-state index contributed by atoms with van der Waals surface area (Å²) in [6.07, 6.45) is 3.77. The molecule has 3 aromatic rings. The quantitative estimate of drug-likeness (QED) is 0.542. The maximum atomic E-state index is 12.5. The molecule has 0 radical (unpaired) electrons. The van der Waals surface area contributed by atoms with Crippen LogP contribution in [0.5, 0.6) is 5.75 Å². The summed E-state index contributed by atoms with van der Waals surface area (Å²) in [6.45, 7) is 2.29. The smallest absolute Gasteiger partial charge is 0.244 e. The van der Waals surface area contributed by atoms with E-state index in [1.165, 1.54) is 19.2 Å². The van der Waals surface area contributed by atoms with E-state index < -0.39 is 10.0 Å². The van der Waals surface area contributed by atoms with Crippen LogP contribution in [0.2, 0.25) is 5.02 Å². The number of sulfonamides is 1. The van der Waals surface area contributed by atoms with Crippen LogP contribution in [-0.2, 0) is 10.0 Å². The molecule has 148 valence electrons. The lowest BCUT2D eigenvalue weighted by Crippen LogP contribution is -2.29. The number of nitrogens with one attached hydrogen (secondary N) is 2. The van der Waals surface area contributed by atoms with E-state index in [0.717, 1.165) is 5.82 Å². The number of ether oxygens (including phenoxy) is 1. The minimum absolute atomic E-state index is 0.00438. The van der Waals surface area contributed by atoms with Gasteiger partial charge >= 0.3 is 0 Å². The zero-order valence-corrected chi connectivity index (χ0v) is 17.0. The molecule has 2 aromatic heterocycles. The molecule has 1 aromatic carbocycles. The zero-order chi connectivity index (χ0) is 20.1. The summed E-state index contributed by atoms with van der Waals surface area (Å²) in [5, 5.41) is 3.42. The first-order valence-corrected chi connectivity index (χ1v) is 10.3. The molecule has 0 unspecified atom stereocenters. The third kappa shape index (κ3) is 4.80. The fourth-order valence-corrected chi connectivity index (χ4v) is 4.04. The second-order valence-corrected chi connectivity index (χ2v) is 8.04. The normalized spacial score (nSPS) is 11.4. The number of aromatic nitrogens is 3. The van der Waals surface area contributed by atoms with Crippen LogP contribution in [0.15, 0.2) is 53.7 Å². The van der Waals surface area contributed by atoms with Crippen molar-refractivity contribution in [3.05, 3.63) is 59.6 Å². The molecule has 0 atom stereocenters. The van der Waals surface area contributed by atoms with E-state index in [2.05, 4.69) is 20.0 Å². The van der Waals surface area contributed by atoms with Crippen LogP contribution in [0, 0.1) is 6.92 Å². The first kappa shape index (κ1) is 20.1. The molecule has 8 nitrogen and oxygen atoms in total. The van der Waals surface area contributed by atoms with Gasteiger partial charge in [-0.3, -0.25) is 0 Å². The molecule has 0 saturated heterocycles. The number of anilines is 1. The lowest BCUT2D eigenvalue weighted by atomic mass is 10.3. The van der Waals surface area contributed by atoms with Crippen LogP contribution in [-0.4, -0.2) is 43.2 Å². The van der Waals surface area contributed by atoms with E-state index in [0.29, 0.717) is 23.2 Å². The highest BCUT2D eigenvalue weighted by molar-refractivity contribution is 7.89. The van der Waals surface area contributed by atoms with Crippen LogP contribution in [0.4, 0.5) is 5.82 Å². The van der Waals surface area contributed by atoms with Gasteiger partial charge < -0.3 is 14.6 Å². The van der Waals surface area contributed by atoms with Crippen molar-refractivity contribution in [3.63, 3.8) is 0 Å². The van der Waals surface area contributed by atoms with Crippen molar-refractivity contribution in [2.75, 3.05) is 25.5 Å². The Hall–Kier alpha value is -2.62. The van der Waals surface area contributed by atoms with Crippen molar-refractivity contribution in [2.45, 2.75) is 11.8 Å². The molecule has 0 spiro atoms. The van der Waals surface area contributed by atoms with Crippen molar-refractivity contribution < 1.29 is 13.2 Å². The summed E-state index contributed by atoms with van der Waals surface area (Å²) in [4.78, 5) is 8.71. The molecule has 0 amide bonds. The molecule has 0 aliphatic carbocycles. The number of aryl methyl sites for hydroxylation is 1. The summed E-state index contributed by atoms with van der Waals surface area (Å²) < 4.78 is 34.6. The van der Waals surface area contributed by atoms with Crippen molar-refractivity contribution in [2.24, 2.45) is 0 Å². The third-order valence-corrected chi connectivity index (χ3v) is 5.55. The van der Waals surface area contributed by atoms with E-state index in [1.54, 1.807) is 19.1 Å². The standard InChI is InChI=1S/C18H20ClN5O3S/c1-13-22-17(12-18(23-13)24-9-3-4-10-24)20-7-8-21-28(25,26)16-11-14(19)5-6-15(16)27-2/h3-6,9-12,21H,7-8H2,1-2H3,(H,20,22,23). The summed E-state index contributed by atoms with van der Waals surface area (Å²) >= 11 is 5.92. The Labute approximate surface area is 168 Å². The maximum Gasteiger partial charge on any atom is 0.244 e. The zero-order valence-electron chi connectivity index (χ0n) is 15.4. The first-order chi connectivity index (χ1) is 13.4. The van der Waals surface area contributed by atoms with Gasteiger partial charge in [0.05, 0.1) is 7.11 Å². The van der Waals surface area contributed by atoms with Crippen LogP contribution >= 0.6 is 11.6 Å². The summed E-state index contributed by atoms with van der Waals surface area (Å²) in [5.41, 5.74) is 0. The third-order valence-electron chi connectivity index (χ3n) is 3.83. The number of halogens is 1. The van der Waals surface area contributed by atoms with Gasteiger partial charge in [0.1, 0.15) is 28.1 Å². The van der Waals surface area contributed by atoms with E-state index in [9.17, 15) is 8.42 Å². The van der Waals surface area contributed by atoms with E-state index in [1.807, 2.05) is 29.1 Å². The molecule has 0 aliphatic rings. The lowest BCUT2D eigenvalue weighted by molar-refractivity contribution is 0.402. The van der Waals surface area contributed by atoms with Crippen LogP contribution in [0.1, 0.15) is 5.82 Å². The Balaban J connectivity index is 1.64. The number of benzene rings is 1. The van der Waals surface area contributed by atoms with Crippen molar-refractivity contribution in [1.82, 2.24) is 19.3 Å². The molecule has 0 saturated carbocycles. The largest absolute Gasteiger partial charge is 0.495 e. The number of hydrogen-bond donors (Lipinski definition) is 2. The van der Waals surface area contributed by atoms with E-state index in [-0.39, 0.29) is 17.2 Å². The monoisotopic (exact) mass is 421 g/mol. The van der Waals surface area contributed by atoms with Gasteiger partial charge in [0.25, 0.3) is 0 Å². The molecule has 3 rings (SSSR count). The fraction of sp³-hybridized carbons (Fsp3) is 0.222. The minimum Gasteiger partial charge on any atom is -0.495 e. The van der Waals surface area contributed by atoms with Crippen LogP contribution < -0.4 is 14.8 Å². The van der Waals surface area contributed by atoms with E-state index >= 15 is 0 Å². The molecule has 0 bridgehead atoms. The second kappa shape index (κ2) is 8.59. The molecule has 2 N–H and O–H groups in total. The topological polar surface area (TPSA) is 98.1 Å². The highest BCUT2D eigenvalue weighted by Gasteiger charge is 2.19. The van der Waals surface area contributed by atoms with Crippen molar-refractivity contribution in [3.8, 4) is 11.6 Å². The van der Waals surface area contributed by atoms with Crippen LogP contribution in [0.25, 0.3) is 5.82 Å². The number of hydrogen-bond acceptors (Lipinski definition) is 6. The van der Waals surface area contributed by atoms with Crippen LogP contribution in [0.3, 0.4) is 0 Å². The minimum atomic E-state index is -3.77. The molecular weight excluding hydrogens is 402 g/mol. The molecule has 2 heterocycles. The highest BCUT2D eigenvalue weighted by atomic mass is 35.5. The molecule has 0 fully saturated rings. The van der Waals surface area contributed by atoms with E-state index in [4.69, 9.17) is 16.3 Å². The Kier molecular flexibility index (Phi) is 6.18. The van der Waals surface area contributed by atoms with Crippen molar-refractivity contribution in [1.29, 1.82) is 0 Å². The Morgan fingerprint density at radius 2 is 1.89 bits per heavy atom. The number of nitrogens with zero attached hydrogens (tertiary/aromatic N) is 3. The van der Waals surface area contributed by atoms with Gasteiger partial charge in [-0.2, -0.15) is 0 Å². The van der Waals surface area contributed by atoms with Gasteiger partial charge in [-0.05, 0) is 37.3 Å². The maximum absolute atomic E-state index is 12.5. The van der Waals surface area contributed by atoms with Gasteiger partial charge in [0.2, 0.25) is 10.0 Å². The average Bonchev–Trinajstić information content (AvgIpc) is 3.20. The number of methoxy groups -OCH3 is 1. The molecule has 28 heavy (non-hydrogen) atoms. The SMILES string of the molecule is COc1ccc(Cl)cc1S(=O)(=O)NCCNc1cc(-n2cccc2)nc(C)n1. The van der Waals surface area contributed by atoms with Gasteiger partial charge in [-0.25, -0.2) is 23.1 Å². The molecule has 0 aliphatic heterocycles. The van der Waals surface area contributed by atoms with Gasteiger partial charge in [-0.15, -0.1) is 0 Å². The average molecular weight is 422 g/mol. The first-order valence-electron chi connectivity index (χ1n) is 8.45. The Bertz CT molecular complexity index is 1060. The highest BCUT2D eigenvalue weighted by Crippen LogP contribution is 2.26. The molecular formula is C18H20ClN5O3S. The summed E-state index contributed by atoms with van der Waals surface area (Å²) in [6, 6.07) is 10.0. The fourth-order valence-electron chi connectivity index (χ4n) is 2.58. The van der Waals surface area contributed by atoms with Gasteiger partial charge in [0, 0.05) is 36.6 Å². The number of rotatable bonds is 8. The van der Waals surface area contributed by atoms with Gasteiger partial charge in [0.15, 0.2) is 0 Å². The summed E-state index contributed by atoms with van der Waals surface area (Å²) in [7, 11) is -2.36.